The molecule has 0 spiro atoms. The highest BCUT2D eigenvalue weighted by molar-refractivity contribution is 6.32. The van der Waals surface area contributed by atoms with Gasteiger partial charge in [-0.25, -0.2) is 0 Å². The third kappa shape index (κ3) is 7.26. The Labute approximate surface area is 188 Å². The molecule has 1 aliphatic heterocycles. The number of anilines is 2. The average molecular weight is 444 g/mol. The lowest BCUT2D eigenvalue weighted by Crippen LogP contribution is -2.35. The number of hydrogen-bond donors (Lipinski definition) is 2. The molecule has 2 aromatic carbocycles. The Morgan fingerprint density at radius 1 is 1.13 bits per heavy atom. The van der Waals surface area contributed by atoms with E-state index in [-0.39, 0.29) is 11.8 Å². The molecule has 166 valence electrons. The van der Waals surface area contributed by atoms with Gasteiger partial charge in [-0.1, -0.05) is 23.7 Å². The monoisotopic (exact) mass is 443 g/mol. The summed E-state index contributed by atoms with van der Waals surface area (Å²) in [6.45, 7) is 4.46. The van der Waals surface area contributed by atoms with E-state index < -0.39 is 0 Å². The number of rotatable bonds is 8. The number of carbonyl (C=O) groups excluding carboxylic acids is 2. The van der Waals surface area contributed by atoms with Gasteiger partial charge < -0.3 is 15.4 Å². The lowest BCUT2D eigenvalue weighted by Gasteiger charge is -2.32. The molecule has 2 N–H and O–H groups in total. The second-order valence-electron chi connectivity index (χ2n) is 8.06. The van der Waals surface area contributed by atoms with Crippen molar-refractivity contribution in [3.05, 3.63) is 53.1 Å². The van der Waals surface area contributed by atoms with Gasteiger partial charge in [-0.3, -0.25) is 14.5 Å². The molecule has 2 amide bonds. The van der Waals surface area contributed by atoms with E-state index in [0.29, 0.717) is 28.8 Å². The van der Waals surface area contributed by atoms with Crippen LogP contribution in [0.4, 0.5) is 11.4 Å². The van der Waals surface area contributed by atoms with Crippen LogP contribution >= 0.6 is 11.6 Å². The molecule has 0 radical (unpaired) electrons. The molecule has 31 heavy (non-hydrogen) atoms. The fourth-order valence-electron chi connectivity index (χ4n) is 3.99. The minimum absolute atomic E-state index is 0.00640. The number of piperidine rings is 1. The zero-order chi connectivity index (χ0) is 22.2. The third-order valence-corrected chi connectivity index (χ3v) is 5.79. The van der Waals surface area contributed by atoms with E-state index in [1.165, 1.54) is 12.5 Å². The van der Waals surface area contributed by atoms with Crippen molar-refractivity contribution >= 4 is 34.8 Å². The number of carbonyl (C=O) groups is 2. The highest BCUT2D eigenvalue weighted by Crippen LogP contribution is 2.28. The van der Waals surface area contributed by atoms with Crippen LogP contribution in [0, 0.1) is 5.92 Å². The SMILES string of the molecule is COc1ccc(NC(=O)CCC2CCCN(Cc3ccc(NC(C)=O)cc3)C2)cc1Cl. The fourth-order valence-corrected chi connectivity index (χ4v) is 4.25. The molecule has 1 atom stereocenters. The first-order chi connectivity index (χ1) is 14.9. The molecule has 0 bridgehead atoms. The van der Waals surface area contributed by atoms with Gasteiger partial charge in [0.1, 0.15) is 5.75 Å². The predicted octanol–water partition coefficient (Wildman–Crippen LogP) is 4.94. The largest absolute Gasteiger partial charge is 0.495 e. The summed E-state index contributed by atoms with van der Waals surface area (Å²) in [6, 6.07) is 13.2. The van der Waals surface area contributed by atoms with Crippen LogP contribution in [0.15, 0.2) is 42.5 Å². The molecule has 3 rings (SSSR count). The van der Waals surface area contributed by atoms with Crippen molar-refractivity contribution in [1.82, 2.24) is 4.90 Å². The van der Waals surface area contributed by atoms with Crippen LogP contribution in [0.5, 0.6) is 5.75 Å². The average Bonchev–Trinajstić information content (AvgIpc) is 2.74. The summed E-state index contributed by atoms with van der Waals surface area (Å²) in [5.74, 6) is 1.04. The molecule has 2 aromatic rings. The Hall–Kier alpha value is -2.57. The smallest absolute Gasteiger partial charge is 0.224 e. The number of benzene rings is 2. The molecule has 7 heteroatoms. The minimum Gasteiger partial charge on any atom is -0.495 e. The van der Waals surface area contributed by atoms with E-state index in [0.717, 1.165) is 44.6 Å². The molecule has 1 heterocycles. The molecule has 0 aliphatic carbocycles. The predicted molar refractivity (Wildman–Crippen MR) is 125 cm³/mol. The van der Waals surface area contributed by atoms with Crippen LogP contribution in [0.25, 0.3) is 0 Å². The van der Waals surface area contributed by atoms with E-state index in [4.69, 9.17) is 16.3 Å². The molecule has 1 unspecified atom stereocenters. The van der Waals surface area contributed by atoms with Crippen molar-refractivity contribution in [2.24, 2.45) is 5.92 Å². The lowest BCUT2D eigenvalue weighted by atomic mass is 9.93. The standard InChI is InChI=1S/C24H30ClN3O3/c1-17(29)26-20-8-5-19(6-9-20)16-28-13-3-4-18(15-28)7-12-24(30)27-21-10-11-23(31-2)22(25)14-21/h5-6,8-11,14,18H,3-4,7,12-13,15-16H2,1-2H3,(H,26,29)(H,27,30). The first-order valence-electron chi connectivity index (χ1n) is 10.6. The zero-order valence-corrected chi connectivity index (χ0v) is 18.9. The maximum atomic E-state index is 12.4. The quantitative estimate of drug-likeness (QED) is 0.606. The Balaban J connectivity index is 1.44. The number of nitrogens with one attached hydrogen (secondary N) is 2. The van der Waals surface area contributed by atoms with Crippen LogP contribution in [0.1, 0.15) is 38.2 Å². The maximum absolute atomic E-state index is 12.4. The van der Waals surface area contributed by atoms with E-state index >= 15 is 0 Å². The van der Waals surface area contributed by atoms with Crippen LogP contribution < -0.4 is 15.4 Å². The summed E-state index contributed by atoms with van der Waals surface area (Å²) in [5, 5.41) is 6.19. The highest BCUT2D eigenvalue weighted by atomic mass is 35.5. The van der Waals surface area contributed by atoms with Gasteiger partial charge in [0, 0.05) is 37.8 Å². The second kappa shape index (κ2) is 11.2. The lowest BCUT2D eigenvalue weighted by molar-refractivity contribution is -0.116. The zero-order valence-electron chi connectivity index (χ0n) is 18.1. The van der Waals surface area contributed by atoms with E-state index in [9.17, 15) is 9.59 Å². The summed E-state index contributed by atoms with van der Waals surface area (Å²) >= 11 is 6.12. The number of halogens is 1. The van der Waals surface area contributed by atoms with E-state index in [1.807, 2.05) is 12.1 Å². The first kappa shape index (κ1) is 23.1. The van der Waals surface area contributed by atoms with Crippen molar-refractivity contribution in [1.29, 1.82) is 0 Å². The van der Waals surface area contributed by atoms with Gasteiger partial charge in [-0.15, -0.1) is 0 Å². The molecule has 1 aliphatic rings. The summed E-state index contributed by atoms with van der Waals surface area (Å²) in [6.07, 6.45) is 3.66. The number of nitrogens with zero attached hydrogens (tertiary/aromatic N) is 1. The van der Waals surface area contributed by atoms with Gasteiger partial charge in [0.25, 0.3) is 0 Å². The normalized spacial score (nSPS) is 16.5. The van der Waals surface area contributed by atoms with Crippen molar-refractivity contribution in [3.8, 4) is 5.75 Å². The van der Waals surface area contributed by atoms with E-state index in [2.05, 4.69) is 27.7 Å². The molecule has 6 nitrogen and oxygen atoms in total. The minimum atomic E-state index is -0.0641. The summed E-state index contributed by atoms with van der Waals surface area (Å²) in [5.41, 5.74) is 2.73. The summed E-state index contributed by atoms with van der Waals surface area (Å²) in [7, 11) is 1.56. The van der Waals surface area contributed by atoms with Gasteiger partial charge in [0.2, 0.25) is 11.8 Å². The topological polar surface area (TPSA) is 70.7 Å². The van der Waals surface area contributed by atoms with Gasteiger partial charge >= 0.3 is 0 Å². The number of likely N-dealkylation sites (tertiary alicyclic amines) is 1. The summed E-state index contributed by atoms with van der Waals surface area (Å²) in [4.78, 5) is 26.0. The Morgan fingerprint density at radius 2 is 1.87 bits per heavy atom. The number of methoxy groups -OCH3 is 1. The van der Waals surface area contributed by atoms with Gasteiger partial charge in [-0.2, -0.15) is 0 Å². The fraction of sp³-hybridized carbons (Fsp3) is 0.417. The number of amides is 2. The molecule has 1 fully saturated rings. The van der Waals surface area contributed by atoms with Crippen LogP contribution in [-0.4, -0.2) is 36.9 Å². The molecular weight excluding hydrogens is 414 g/mol. The molecular formula is C24H30ClN3O3. The number of ether oxygens (including phenoxy) is 1. The summed E-state index contributed by atoms with van der Waals surface area (Å²) < 4.78 is 5.14. The Morgan fingerprint density at radius 3 is 2.55 bits per heavy atom. The van der Waals surface area contributed by atoms with Crippen molar-refractivity contribution < 1.29 is 14.3 Å². The van der Waals surface area contributed by atoms with Crippen LogP contribution in [0.3, 0.4) is 0 Å². The maximum Gasteiger partial charge on any atom is 0.224 e. The van der Waals surface area contributed by atoms with Crippen molar-refractivity contribution in [2.75, 3.05) is 30.8 Å². The van der Waals surface area contributed by atoms with Gasteiger partial charge in [-0.05, 0) is 67.6 Å². The van der Waals surface area contributed by atoms with E-state index in [1.54, 1.807) is 25.3 Å². The van der Waals surface area contributed by atoms with Crippen LogP contribution in [-0.2, 0) is 16.1 Å². The Kier molecular flexibility index (Phi) is 8.32. The molecule has 0 saturated carbocycles. The Bertz CT molecular complexity index is 901. The van der Waals surface area contributed by atoms with Gasteiger partial charge in [0.05, 0.1) is 12.1 Å². The first-order valence-corrected chi connectivity index (χ1v) is 11.0. The molecule has 0 aromatic heterocycles. The van der Waals surface area contributed by atoms with Gasteiger partial charge in [0.15, 0.2) is 0 Å². The third-order valence-electron chi connectivity index (χ3n) is 5.50. The van der Waals surface area contributed by atoms with Crippen molar-refractivity contribution in [3.63, 3.8) is 0 Å². The molecule has 1 saturated heterocycles. The highest BCUT2D eigenvalue weighted by Gasteiger charge is 2.21. The van der Waals surface area contributed by atoms with Crippen LogP contribution in [0.2, 0.25) is 5.02 Å². The number of hydrogen-bond acceptors (Lipinski definition) is 4. The second-order valence-corrected chi connectivity index (χ2v) is 8.46. The van der Waals surface area contributed by atoms with Crippen molar-refractivity contribution in [2.45, 2.75) is 39.2 Å².